The number of piperidine rings is 1. The summed E-state index contributed by atoms with van der Waals surface area (Å²) in [5, 5.41) is 3.16. The summed E-state index contributed by atoms with van der Waals surface area (Å²) in [5.41, 5.74) is 1.75. The summed E-state index contributed by atoms with van der Waals surface area (Å²) in [6, 6.07) is 7.91. The van der Waals surface area contributed by atoms with E-state index in [1.807, 2.05) is 48.2 Å². The molecule has 5 nitrogen and oxygen atoms in total. The van der Waals surface area contributed by atoms with Crippen LogP contribution in [0.5, 0.6) is 0 Å². The van der Waals surface area contributed by atoms with Crippen molar-refractivity contribution in [1.82, 2.24) is 10.2 Å². The standard InChI is InChI=1S/C20H31N3O2/c1-5-15(6-2)19(24)21-17-10-12-23(13-11-17)20(25)16-8-7-9-18(14-16)22(3)4/h7-9,14-15,17H,5-6,10-13H2,1-4H3,(H,21,24). The summed E-state index contributed by atoms with van der Waals surface area (Å²) in [5.74, 6) is 0.343. The molecule has 138 valence electrons. The summed E-state index contributed by atoms with van der Waals surface area (Å²) in [7, 11) is 3.94. The predicted molar refractivity (Wildman–Crippen MR) is 102 cm³/mol. The van der Waals surface area contributed by atoms with Gasteiger partial charge in [0.2, 0.25) is 5.91 Å². The molecule has 1 saturated heterocycles. The molecule has 1 aliphatic heterocycles. The highest BCUT2D eigenvalue weighted by atomic mass is 16.2. The number of hydrogen-bond donors (Lipinski definition) is 1. The average Bonchev–Trinajstić information content (AvgIpc) is 2.63. The Kier molecular flexibility index (Phi) is 6.85. The lowest BCUT2D eigenvalue weighted by Crippen LogP contribution is -2.47. The second-order valence-corrected chi connectivity index (χ2v) is 7.03. The van der Waals surface area contributed by atoms with Gasteiger partial charge in [-0.15, -0.1) is 0 Å². The van der Waals surface area contributed by atoms with Crippen molar-refractivity contribution in [2.24, 2.45) is 5.92 Å². The fourth-order valence-corrected chi connectivity index (χ4v) is 3.31. The third kappa shape index (κ3) is 4.97. The number of hydrogen-bond acceptors (Lipinski definition) is 3. The van der Waals surface area contributed by atoms with E-state index in [4.69, 9.17) is 0 Å². The summed E-state index contributed by atoms with van der Waals surface area (Å²) >= 11 is 0. The van der Waals surface area contributed by atoms with Gasteiger partial charge in [0.25, 0.3) is 5.91 Å². The number of rotatable bonds is 6. The van der Waals surface area contributed by atoms with E-state index < -0.39 is 0 Å². The number of carbonyl (C=O) groups excluding carboxylic acids is 2. The SMILES string of the molecule is CCC(CC)C(=O)NC1CCN(C(=O)c2cccc(N(C)C)c2)CC1. The third-order valence-electron chi connectivity index (χ3n) is 5.09. The highest BCUT2D eigenvalue weighted by Gasteiger charge is 2.26. The van der Waals surface area contributed by atoms with Crippen molar-refractivity contribution >= 4 is 17.5 Å². The van der Waals surface area contributed by atoms with Crippen LogP contribution in [0.25, 0.3) is 0 Å². The molecule has 0 bridgehead atoms. The maximum Gasteiger partial charge on any atom is 0.253 e. The predicted octanol–water partition coefficient (Wildman–Crippen LogP) is 2.91. The van der Waals surface area contributed by atoms with Crippen LogP contribution < -0.4 is 10.2 Å². The molecule has 1 heterocycles. The van der Waals surface area contributed by atoms with Crippen LogP contribution in [0.4, 0.5) is 5.69 Å². The van der Waals surface area contributed by atoms with Crippen LogP contribution in [0, 0.1) is 5.92 Å². The summed E-state index contributed by atoms with van der Waals surface area (Å²) in [6.07, 6.45) is 3.40. The largest absolute Gasteiger partial charge is 0.378 e. The second kappa shape index (κ2) is 8.88. The van der Waals surface area contributed by atoms with Gasteiger partial charge in [-0.2, -0.15) is 0 Å². The van der Waals surface area contributed by atoms with E-state index in [1.54, 1.807) is 0 Å². The van der Waals surface area contributed by atoms with E-state index in [-0.39, 0.29) is 23.8 Å². The number of amides is 2. The van der Waals surface area contributed by atoms with Gasteiger partial charge in [0.15, 0.2) is 0 Å². The number of carbonyl (C=O) groups is 2. The maximum atomic E-state index is 12.7. The Morgan fingerprint density at radius 3 is 2.40 bits per heavy atom. The Hall–Kier alpha value is -2.04. The van der Waals surface area contributed by atoms with Gasteiger partial charge < -0.3 is 15.1 Å². The highest BCUT2D eigenvalue weighted by molar-refractivity contribution is 5.95. The van der Waals surface area contributed by atoms with Crippen LogP contribution in [0.3, 0.4) is 0 Å². The number of likely N-dealkylation sites (tertiary alicyclic amines) is 1. The van der Waals surface area contributed by atoms with E-state index in [1.165, 1.54) is 0 Å². The second-order valence-electron chi connectivity index (χ2n) is 7.03. The van der Waals surface area contributed by atoms with Crippen molar-refractivity contribution in [2.45, 2.75) is 45.6 Å². The van der Waals surface area contributed by atoms with Crippen molar-refractivity contribution in [1.29, 1.82) is 0 Å². The molecule has 1 fully saturated rings. The van der Waals surface area contributed by atoms with Crippen LogP contribution >= 0.6 is 0 Å². The Labute approximate surface area is 151 Å². The molecule has 1 aromatic carbocycles. The van der Waals surface area contributed by atoms with Gasteiger partial charge in [0.05, 0.1) is 0 Å². The molecule has 1 N–H and O–H groups in total. The normalized spacial score (nSPS) is 15.3. The lowest BCUT2D eigenvalue weighted by atomic mass is 9.99. The quantitative estimate of drug-likeness (QED) is 0.862. The first kappa shape index (κ1) is 19.3. The zero-order chi connectivity index (χ0) is 18.4. The molecule has 2 amide bonds. The smallest absolute Gasteiger partial charge is 0.253 e. The summed E-state index contributed by atoms with van der Waals surface area (Å²) in [4.78, 5) is 28.8. The zero-order valence-corrected chi connectivity index (χ0v) is 15.9. The summed E-state index contributed by atoms with van der Waals surface area (Å²) < 4.78 is 0. The average molecular weight is 345 g/mol. The van der Waals surface area contributed by atoms with Crippen molar-refractivity contribution in [2.75, 3.05) is 32.1 Å². The van der Waals surface area contributed by atoms with Gasteiger partial charge in [-0.25, -0.2) is 0 Å². The fraction of sp³-hybridized carbons (Fsp3) is 0.600. The first-order valence-corrected chi connectivity index (χ1v) is 9.33. The molecule has 2 rings (SSSR count). The van der Waals surface area contributed by atoms with Crippen molar-refractivity contribution in [3.8, 4) is 0 Å². The lowest BCUT2D eigenvalue weighted by molar-refractivity contribution is -0.126. The zero-order valence-electron chi connectivity index (χ0n) is 15.9. The van der Waals surface area contributed by atoms with Gasteiger partial charge in [-0.05, 0) is 43.9 Å². The van der Waals surface area contributed by atoms with Crippen LogP contribution in [-0.4, -0.2) is 49.9 Å². The first-order valence-electron chi connectivity index (χ1n) is 9.33. The summed E-state index contributed by atoms with van der Waals surface area (Å²) in [6.45, 7) is 5.49. The minimum Gasteiger partial charge on any atom is -0.378 e. The minimum absolute atomic E-state index is 0.0773. The molecule has 0 atom stereocenters. The molecular formula is C20H31N3O2. The number of benzene rings is 1. The monoisotopic (exact) mass is 345 g/mol. The van der Waals surface area contributed by atoms with Gasteiger partial charge in [-0.3, -0.25) is 9.59 Å². The molecule has 25 heavy (non-hydrogen) atoms. The molecule has 5 heteroatoms. The molecule has 0 radical (unpaired) electrons. The topological polar surface area (TPSA) is 52.7 Å². The van der Waals surface area contributed by atoms with Crippen LogP contribution in [0.2, 0.25) is 0 Å². The van der Waals surface area contributed by atoms with E-state index in [9.17, 15) is 9.59 Å². The van der Waals surface area contributed by atoms with Crippen molar-refractivity contribution in [3.05, 3.63) is 29.8 Å². The van der Waals surface area contributed by atoms with E-state index in [2.05, 4.69) is 19.2 Å². The Morgan fingerprint density at radius 1 is 1.20 bits per heavy atom. The van der Waals surface area contributed by atoms with Gasteiger partial charge in [0.1, 0.15) is 0 Å². The van der Waals surface area contributed by atoms with E-state index >= 15 is 0 Å². The first-order chi connectivity index (χ1) is 12.0. The van der Waals surface area contributed by atoms with Gasteiger partial charge >= 0.3 is 0 Å². The van der Waals surface area contributed by atoms with Gasteiger partial charge in [0, 0.05) is 50.4 Å². The minimum atomic E-state index is 0.0773. The molecule has 0 aromatic heterocycles. The molecule has 0 aliphatic carbocycles. The van der Waals surface area contributed by atoms with E-state index in [0.717, 1.165) is 36.9 Å². The van der Waals surface area contributed by atoms with Crippen LogP contribution in [-0.2, 0) is 4.79 Å². The lowest BCUT2D eigenvalue weighted by Gasteiger charge is -2.33. The van der Waals surface area contributed by atoms with Crippen LogP contribution in [0.1, 0.15) is 49.9 Å². The Balaban J connectivity index is 1.90. The molecule has 0 unspecified atom stereocenters. The molecular weight excluding hydrogens is 314 g/mol. The van der Waals surface area contributed by atoms with Crippen molar-refractivity contribution in [3.63, 3.8) is 0 Å². The van der Waals surface area contributed by atoms with Crippen LogP contribution in [0.15, 0.2) is 24.3 Å². The molecule has 0 saturated carbocycles. The third-order valence-corrected chi connectivity index (χ3v) is 5.09. The number of nitrogens with one attached hydrogen (secondary N) is 1. The Morgan fingerprint density at radius 2 is 1.84 bits per heavy atom. The number of anilines is 1. The highest BCUT2D eigenvalue weighted by Crippen LogP contribution is 2.18. The maximum absolute atomic E-state index is 12.7. The Bertz CT molecular complexity index is 588. The molecule has 0 spiro atoms. The van der Waals surface area contributed by atoms with Gasteiger partial charge in [-0.1, -0.05) is 19.9 Å². The van der Waals surface area contributed by atoms with Crippen molar-refractivity contribution < 1.29 is 9.59 Å². The molecule has 1 aromatic rings. The fourth-order valence-electron chi connectivity index (χ4n) is 3.31. The van der Waals surface area contributed by atoms with E-state index in [0.29, 0.717) is 13.1 Å². The number of nitrogens with zero attached hydrogens (tertiary/aromatic N) is 2. The molecule has 1 aliphatic rings.